The van der Waals surface area contributed by atoms with Crippen LogP contribution in [0, 0.1) is 0 Å². The predicted octanol–water partition coefficient (Wildman–Crippen LogP) is 3.04. The molecule has 1 aliphatic heterocycles. The highest BCUT2D eigenvalue weighted by Gasteiger charge is 2.42. The van der Waals surface area contributed by atoms with Gasteiger partial charge in [-0.25, -0.2) is 4.79 Å². The van der Waals surface area contributed by atoms with E-state index in [1.807, 2.05) is 11.0 Å². The lowest BCUT2D eigenvalue weighted by atomic mass is 9.70. The van der Waals surface area contributed by atoms with Crippen molar-refractivity contribution in [3.63, 3.8) is 0 Å². The lowest BCUT2D eigenvalue weighted by Crippen LogP contribution is -2.49. The normalized spacial score (nSPS) is 23.1. The van der Waals surface area contributed by atoms with Gasteiger partial charge in [0.2, 0.25) is 5.91 Å². The molecule has 0 bridgehead atoms. The maximum atomic E-state index is 13.4. The second kappa shape index (κ2) is 6.83. The largest absolute Gasteiger partial charge is 0.478 e. The van der Waals surface area contributed by atoms with Gasteiger partial charge in [0, 0.05) is 19.3 Å². The third-order valence-electron chi connectivity index (χ3n) is 6.18. The van der Waals surface area contributed by atoms with Crippen molar-refractivity contribution in [1.29, 1.82) is 0 Å². The van der Waals surface area contributed by atoms with Crippen LogP contribution in [0.3, 0.4) is 0 Å². The molecule has 6 nitrogen and oxygen atoms in total. The predicted molar refractivity (Wildman–Crippen MR) is 101 cm³/mol. The minimum Gasteiger partial charge on any atom is -0.478 e. The van der Waals surface area contributed by atoms with Gasteiger partial charge in [0.05, 0.1) is 23.2 Å². The van der Waals surface area contributed by atoms with Gasteiger partial charge in [-0.2, -0.15) is 5.10 Å². The molecule has 2 heterocycles. The topological polar surface area (TPSA) is 75.4 Å². The van der Waals surface area contributed by atoms with Crippen LogP contribution in [0.25, 0.3) is 0 Å². The number of hydrogen-bond acceptors (Lipinski definition) is 3. The van der Waals surface area contributed by atoms with Crippen molar-refractivity contribution in [1.82, 2.24) is 14.7 Å². The number of likely N-dealkylation sites (tertiary alicyclic amines) is 1. The Morgan fingerprint density at radius 1 is 1.22 bits per heavy atom. The summed E-state index contributed by atoms with van der Waals surface area (Å²) in [5, 5.41) is 13.3. The first-order valence-electron chi connectivity index (χ1n) is 9.64. The molecule has 1 saturated heterocycles. The molecule has 6 heteroatoms. The van der Waals surface area contributed by atoms with Crippen molar-refractivity contribution < 1.29 is 14.7 Å². The Labute approximate surface area is 158 Å². The van der Waals surface area contributed by atoms with Gasteiger partial charge in [-0.05, 0) is 50.2 Å². The van der Waals surface area contributed by atoms with Crippen molar-refractivity contribution in [2.24, 2.45) is 0 Å². The molecule has 0 saturated carbocycles. The number of carbonyl (C=O) groups excluding carboxylic acids is 1. The van der Waals surface area contributed by atoms with Crippen LogP contribution in [0.4, 0.5) is 0 Å². The van der Waals surface area contributed by atoms with E-state index in [4.69, 9.17) is 5.11 Å². The van der Waals surface area contributed by atoms with E-state index in [2.05, 4.69) is 30.2 Å². The Bertz CT molecular complexity index is 867. The summed E-state index contributed by atoms with van der Waals surface area (Å²) in [4.78, 5) is 26.4. The van der Waals surface area contributed by atoms with Crippen molar-refractivity contribution in [2.75, 3.05) is 13.1 Å². The molecule has 1 aromatic carbocycles. The van der Waals surface area contributed by atoms with Crippen LogP contribution in [0.2, 0.25) is 0 Å². The molecule has 0 spiro atoms. The first-order chi connectivity index (χ1) is 13.0. The average Bonchev–Trinajstić information content (AvgIpc) is 3.18. The van der Waals surface area contributed by atoms with Crippen LogP contribution in [-0.4, -0.2) is 44.8 Å². The Morgan fingerprint density at radius 2 is 1.96 bits per heavy atom. The van der Waals surface area contributed by atoms with Gasteiger partial charge in [-0.1, -0.05) is 24.3 Å². The zero-order chi connectivity index (χ0) is 19.0. The van der Waals surface area contributed by atoms with E-state index in [-0.39, 0.29) is 17.5 Å². The Balaban J connectivity index is 1.47. The van der Waals surface area contributed by atoms with E-state index in [0.717, 1.165) is 32.1 Å². The van der Waals surface area contributed by atoms with Crippen LogP contribution in [0.1, 0.15) is 60.1 Å². The van der Waals surface area contributed by atoms with Gasteiger partial charge in [0.15, 0.2) is 0 Å². The number of hydrogen-bond donors (Lipinski definition) is 1. The Kier molecular flexibility index (Phi) is 4.50. The smallest absolute Gasteiger partial charge is 0.338 e. The van der Waals surface area contributed by atoms with Gasteiger partial charge in [-0.3, -0.25) is 9.48 Å². The number of aryl methyl sites for hydroxylation is 1. The van der Waals surface area contributed by atoms with E-state index >= 15 is 0 Å². The molecule has 1 fully saturated rings. The molecule has 1 amide bonds. The van der Waals surface area contributed by atoms with Gasteiger partial charge in [0.25, 0.3) is 0 Å². The first kappa shape index (κ1) is 17.8. The number of aromatic nitrogens is 2. The summed E-state index contributed by atoms with van der Waals surface area (Å²) < 4.78 is 1.74. The number of piperidine rings is 1. The van der Waals surface area contributed by atoms with Crippen molar-refractivity contribution in [2.45, 2.75) is 50.5 Å². The van der Waals surface area contributed by atoms with E-state index in [1.54, 1.807) is 10.9 Å². The molecule has 1 atom stereocenters. The molecule has 0 radical (unpaired) electrons. The van der Waals surface area contributed by atoms with Crippen LogP contribution in [0.5, 0.6) is 0 Å². The highest BCUT2D eigenvalue weighted by atomic mass is 16.4. The Hall–Kier alpha value is -2.63. The van der Waals surface area contributed by atoms with E-state index < -0.39 is 11.4 Å². The van der Waals surface area contributed by atoms with Crippen LogP contribution < -0.4 is 0 Å². The molecule has 1 aliphatic carbocycles. The summed E-state index contributed by atoms with van der Waals surface area (Å²) in [6, 6.07) is 8.48. The molecular formula is C21H25N3O3. The van der Waals surface area contributed by atoms with Crippen molar-refractivity contribution in [3.05, 3.63) is 53.3 Å². The van der Waals surface area contributed by atoms with E-state index in [9.17, 15) is 9.59 Å². The second-order valence-corrected chi connectivity index (χ2v) is 7.88. The van der Waals surface area contributed by atoms with Crippen molar-refractivity contribution in [3.8, 4) is 0 Å². The zero-order valence-electron chi connectivity index (χ0n) is 15.6. The maximum absolute atomic E-state index is 13.4. The van der Waals surface area contributed by atoms with E-state index in [1.165, 1.54) is 17.3 Å². The minimum absolute atomic E-state index is 0.147. The lowest BCUT2D eigenvalue weighted by molar-refractivity contribution is -0.138. The summed E-state index contributed by atoms with van der Waals surface area (Å²) >= 11 is 0. The fraction of sp³-hybridized carbons (Fsp3) is 0.476. The molecule has 2 aliphatic rings. The fourth-order valence-corrected chi connectivity index (χ4v) is 4.60. The summed E-state index contributed by atoms with van der Waals surface area (Å²) in [5.74, 6) is -0.738. The summed E-state index contributed by atoms with van der Waals surface area (Å²) in [5.41, 5.74) is 2.25. The highest BCUT2D eigenvalue weighted by Crippen LogP contribution is 2.39. The molecule has 1 aromatic heterocycles. The molecule has 4 rings (SSSR count). The number of rotatable bonds is 3. The SMILES string of the molecule is CC1(C(=O)N2CCC(n3cc(C(=O)O)cn3)CC2)CCCc2ccccc21. The molecule has 2 aromatic rings. The fourth-order valence-electron chi connectivity index (χ4n) is 4.60. The maximum Gasteiger partial charge on any atom is 0.338 e. The average molecular weight is 367 g/mol. The standard InChI is InChI=1S/C21H25N3O3/c1-21(10-4-6-15-5-2-3-7-18(15)21)20(27)23-11-8-17(9-12-23)24-14-16(13-22-24)19(25)26/h2-3,5,7,13-14,17H,4,6,8-12H2,1H3,(H,25,26). The summed E-state index contributed by atoms with van der Waals surface area (Å²) in [6.45, 7) is 3.46. The van der Waals surface area contributed by atoms with Gasteiger partial charge in [-0.15, -0.1) is 0 Å². The molecule has 1 N–H and O–H groups in total. The van der Waals surface area contributed by atoms with Gasteiger partial charge >= 0.3 is 5.97 Å². The number of benzene rings is 1. The van der Waals surface area contributed by atoms with E-state index in [0.29, 0.717) is 13.1 Å². The number of aromatic carboxylic acids is 1. The summed E-state index contributed by atoms with van der Waals surface area (Å²) in [7, 11) is 0. The number of carboxylic acids is 1. The highest BCUT2D eigenvalue weighted by molar-refractivity contribution is 5.89. The molecular weight excluding hydrogens is 342 g/mol. The quantitative estimate of drug-likeness (QED) is 0.905. The van der Waals surface area contributed by atoms with Crippen LogP contribution in [0.15, 0.2) is 36.7 Å². The van der Waals surface area contributed by atoms with Crippen molar-refractivity contribution >= 4 is 11.9 Å². The monoisotopic (exact) mass is 367 g/mol. The molecule has 27 heavy (non-hydrogen) atoms. The third-order valence-corrected chi connectivity index (χ3v) is 6.18. The van der Waals surface area contributed by atoms with Crippen LogP contribution >= 0.6 is 0 Å². The van der Waals surface area contributed by atoms with Gasteiger partial charge < -0.3 is 10.0 Å². The first-order valence-corrected chi connectivity index (χ1v) is 9.64. The number of amides is 1. The third kappa shape index (κ3) is 3.13. The van der Waals surface area contributed by atoms with Crippen LogP contribution in [-0.2, 0) is 16.6 Å². The second-order valence-electron chi connectivity index (χ2n) is 7.88. The number of fused-ring (bicyclic) bond motifs is 1. The molecule has 142 valence electrons. The Morgan fingerprint density at radius 3 is 2.67 bits per heavy atom. The zero-order valence-corrected chi connectivity index (χ0v) is 15.6. The number of nitrogens with zero attached hydrogens (tertiary/aromatic N) is 3. The molecule has 1 unspecified atom stereocenters. The lowest BCUT2D eigenvalue weighted by Gasteiger charge is -2.41. The minimum atomic E-state index is -0.960. The number of carbonyl (C=O) groups is 2. The summed E-state index contributed by atoms with van der Waals surface area (Å²) in [6.07, 6.45) is 7.55. The van der Waals surface area contributed by atoms with Gasteiger partial charge in [0.1, 0.15) is 0 Å². The number of carboxylic acid groups (broad SMARTS) is 1.